The van der Waals surface area contributed by atoms with Crippen LogP contribution in [-0.2, 0) is 10.8 Å². The first-order valence-electron chi connectivity index (χ1n) is 7.08. The van der Waals surface area contributed by atoms with Gasteiger partial charge in [0.2, 0.25) is 0 Å². The van der Waals surface area contributed by atoms with Crippen LogP contribution in [0.2, 0.25) is 0 Å². The maximum absolute atomic E-state index is 12.2. The zero-order valence-electron chi connectivity index (χ0n) is 13.0. The lowest BCUT2D eigenvalue weighted by Gasteiger charge is -2.24. The highest BCUT2D eigenvalue weighted by molar-refractivity contribution is 6.19. The summed E-state index contributed by atoms with van der Waals surface area (Å²) in [5.74, 6) is 1.43. The Kier molecular flexibility index (Phi) is 3.90. The summed E-state index contributed by atoms with van der Waals surface area (Å²) in [4.78, 5) is 12.2. The van der Waals surface area contributed by atoms with Crippen LogP contribution in [0.1, 0.15) is 62.5 Å². The van der Waals surface area contributed by atoms with Crippen molar-refractivity contribution in [2.75, 3.05) is 12.5 Å². The number of alkyl halides is 1. The minimum Gasteiger partial charge on any atom is -0.492 e. The zero-order chi connectivity index (χ0) is 15.1. The predicted octanol–water partition coefficient (Wildman–Crippen LogP) is 4.47. The Morgan fingerprint density at radius 3 is 2.55 bits per heavy atom. The number of Topliss-reactive ketones (excluding diaryl/α,β-unsaturated/α-hetero) is 1. The summed E-state index contributed by atoms with van der Waals surface area (Å²) >= 11 is 5.70. The van der Waals surface area contributed by atoms with Crippen LogP contribution in [0.15, 0.2) is 12.1 Å². The van der Waals surface area contributed by atoms with E-state index in [2.05, 4.69) is 34.6 Å². The zero-order valence-corrected chi connectivity index (χ0v) is 13.7. The molecule has 1 aliphatic rings. The molecule has 2 rings (SSSR count). The third-order valence-electron chi connectivity index (χ3n) is 3.85. The average molecular weight is 295 g/mol. The molecule has 0 saturated heterocycles. The van der Waals surface area contributed by atoms with E-state index in [9.17, 15) is 4.79 Å². The van der Waals surface area contributed by atoms with Gasteiger partial charge < -0.3 is 4.74 Å². The van der Waals surface area contributed by atoms with Crippen molar-refractivity contribution in [3.8, 4) is 5.75 Å². The van der Waals surface area contributed by atoms with Crippen molar-refractivity contribution in [1.82, 2.24) is 0 Å². The van der Waals surface area contributed by atoms with Crippen molar-refractivity contribution in [3.63, 3.8) is 0 Å². The predicted molar refractivity (Wildman–Crippen MR) is 83.3 cm³/mol. The number of hydrogen-bond donors (Lipinski definition) is 0. The first kappa shape index (κ1) is 15.4. The van der Waals surface area contributed by atoms with Gasteiger partial charge in [-0.05, 0) is 17.5 Å². The molecule has 0 atom stereocenters. The molecule has 0 N–H and O–H groups in total. The van der Waals surface area contributed by atoms with Crippen molar-refractivity contribution in [2.24, 2.45) is 0 Å². The fraction of sp³-hybridized carbons (Fsp3) is 0.588. The molecule has 1 heterocycles. The standard InChI is InChI=1S/C17H23ClO2/c1-16(2,3)12-8-11(14(19)6-7-18)9-13-15(12)20-10-17(13,4)5/h8-9H,6-7,10H2,1-5H3. The van der Waals surface area contributed by atoms with E-state index >= 15 is 0 Å². The molecule has 0 amide bonds. The van der Waals surface area contributed by atoms with Gasteiger partial charge in [0.25, 0.3) is 0 Å². The molecule has 0 saturated carbocycles. The molecule has 1 aliphatic heterocycles. The van der Waals surface area contributed by atoms with Crippen LogP contribution in [0.4, 0.5) is 0 Å². The summed E-state index contributed by atoms with van der Waals surface area (Å²) in [6.45, 7) is 11.4. The minimum atomic E-state index is -0.0538. The van der Waals surface area contributed by atoms with Crippen molar-refractivity contribution >= 4 is 17.4 Å². The van der Waals surface area contributed by atoms with E-state index in [1.165, 1.54) is 0 Å². The van der Waals surface area contributed by atoms with E-state index in [4.69, 9.17) is 16.3 Å². The molecule has 0 spiro atoms. The number of halogens is 1. The van der Waals surface area contributed by atoms with Crippen LogP contribution < -0.4 is 4.74 Å². The minimum absolute atomic E-state index is 0.0490. The van der Waals surface area contributed by atoms with Gasteiger partial charge in [0.1, 0.15) is 5.75 Å². The van der Waals surface area contributed by atoms with Crippen molar-refractivity contribution in [3.05, 3.63) is 28.8 Å². The Labute approximate surface area is 126 Å². The number of benzene rings is 1. The number of fused-ring (bicyclic) bond motifs is 1. The first-order chi connectivity index (χ1) is 9.16. The molecular formula is C17H23ClO2. The lowest BCUT2D eigenvalue weighted by molar-refractivity contribution is 0.0989. The second-order valence-electron chi connectivity index (χ2n) is 7.19. The molecule has 110 valence electrons. The lowest BCUT2D eigenvalue weighted by Crippen LogP contribution is -2.19. The van der Waals surface area contributed by atoms with Gasteiger partial charge in [0.05, 0.1) is 6.61 Å². The molecular weight excluding hydrogens is 272 g/mol. The molecule has 20 heavy (non-hydrogen) atoms. The molecule has 0 aromatic heterocycles. The number of ketones is 1. The topological polar surface area (TPSA) is 26.3 Å². The van der Waals surface area contributed by atoms with Crippen LogP contribution in [0, 0.1) is 0 Å². The van der Waals surface area contributed by atoms with Gasteiger partial charge in [-0.25, -0.2) is 0 Å². The monoisotopic (exact) mass is 294 g/mol. The third kappa shape index (κ3) is 2.71. The smallest absolute Gasteiger partial charge is 0.164 e. The first-order valence-corrected chi connectivity index (χ1v) is 7.61. The largest absolute Gasteiger partial charge is 0.492 e. The van der Waals surface area contributed by atoms with E-state index in [0.717, 1.165) is 22.4 Å². The van der Waals surface area contributed by atoms with Gasteiger partial charge >= 0.3 is 0 Å². The van der Waals surface area contributed by atoms with E-state index in [-0.39, 0.29) is 16.6 Å². The Hall–Kier alpha value is -1.02. The highest BCUT2D eigenvalue weighted by Crippen LogP contribution is 2.45. The molecule has 0 fully saturated rings. The summed E-state index contributed by atoms with van der Waals surface area (Å²) in [6.07, 6.45) is 0.380. The highest BCUT2D eigenvalue weighted by atomic mass is 35.5. The molecule has 0 aliphatic carbocycles. The summed E-state index contributed by atoms with van der Waals surface area (Å²) in [6, 6.07) is 3.97. The van der Waals surface area contributed by atoms with Crippen molar-refractivity contribution in [1.29, 1.82) is 0 Å². The van der Waals surface area contributed by atoms with Gasteiger partial charge in [0.15, 0.2) is 5.78 Å². The van der Waals surface area contributed by atoms with Gasteiger partial charge in [-0.15, -0.1) is 11.6 Å². The molecule has 0 bridgehead atoms. The number of carbonyl (C=O) groups excluding carboxylic acids is 1. The normalized spacial score (nSPS) is 16.7. The third-order valence-corrected chi connectivity index (χ3v) is 4.04. The van der Waals surface area contributed by atoms with Gasteiger partial charge in [-0.2, -0.15) is 0 Å². The number of carbonyl (C=O) groups is 1. The Bertz CT molecular complexity index is 539. The van der Waals surface area contributed by atoms with E-state index in [1.54, 1.807) is 0 Å². The van der Waals surface area contributed by atoms with Crippen molar-refractivity contribution in [2.45, 2.75) is 51.9 Å². The average Bonchev–Trinajstić information content (AvgIpc) is 2.63. The maximum atomic E-state index is 12.2. The number of ether oxygens (including phenoxy) is 1. The van der Waals surface area contributed by atoms with Gasteiger partial charge in [-0.3, -0.25) is 4.79 Å². The number of rotatable bonds is 3. The molecule has 3 heteroatoms. The molecule has 0 unspecified atom stereocenters. The Morgan fingerprint density at radius 2 is 2.00 bits per heavy atom. The Morgan fingerprint density at radius 1 is 1.35 bits per heavy atom. The SMILES string of the molecule is CC(C)(C)c1cc(C(=O)CCCl)cc2c1OCC2(C)C. The molecule has 1 aromatic rings. The lowest BCUT2D eigenvalue weighted by atomic mass is 9.79. The van der Waals surface area contributed by atoms with Crippen LogP contribution in [-0.4, -0.2) is 18.3 Å². The summed E-state index contributed by atoms with van der Waals surface area (Å²) in [5.41, 5.74) is 2.91. The van der Waals surface area contributed by atoms with Gasteiger partial charge in [0, 0.05) is 34.4 Å². The fourth-order valence-electron chi connectivity index (χ4n) is 2.57. The highest BCUT2D eigenvalue weighted by Gasteiger charge is 2.36. The van der Waals surface area contributed by atoms with E-state index in [1.807, 2.05) is 12.1 Å². The van der Waals surface area contributed by atoms with E-state index < -0.39 is 0 Å². The molecule has 1 aromatic carbocycles. The summed E-state index contributed by atoms with van der Waals surface area (Å²) in [5, 5.41) is 0. The molecule has 2 nitrogen and oxygen atoms in total. The quantitative estimate of drug-likeness (QED) is 0.607. The maximum Gasteiger partial charge on any atom is 0.164 e. The molecule has 0 radical (unpaired) electrons. The fourth-order valence-corrected chi connectivity index (χ4v) is 2.74. The van der Waals surface area contributed by atoms with Gasteiger partial charge in [-0.1, -0.05) is 34.6 Å². The second kappa shape index (κ2) is 5.07. The van der Waals surface area contributed by atoms with Crippen LogP contribution >= 0.6 is 11.6 Å². The van der Waals surface area contributed by atoms with E-state index in [0.29, 0.717) is 18.9 Å². The Balaban J connectivity index is 2.62. The van der Waals surface area contributed by atoms with Crippen LogP contribution in [0.3, 0.4) is 0 Å². The van der Waals surface area contributed by atoms with Crippen LogP contribution in [0.25, 0.3) is 0 Å². The number of hydrogen-bond acceptors (Lipinski definition) is 2. The van der Waals surface area contributed by atoms with Crippen molar-refractivity contribution < 1.29 is 9.53 Å². The second-order valence-corrected chi connectivity index (χ2v) is 7.56. The summed E-state index contributed by atoms with van der Waals surface area (Å²) in [7, 11) is 0. The van der Waals surface area contributed by atoms with Crippen LogP contribution in [0.5, 0.6) is 5.75 Å². The summed E-state index contributed by atoms with van der Waals surface area (Å²) < 4.78 is 5.93.